The average molecular weight is 201 g/mol. The molecule has 0 aromatic rings. The second-order valence-electron chi connectivity index (χ2n) is 4.84. The minimum absolute atomic E-state index is 0. The molecule has 0 radical (unpaired) electrons. The zero-order chi connectivity index (χ0) is 10.5. The van der Waals surface area contributed by atoms with Gasteiger partial charge < -0.3 is 0 Å². The van der Waals surface area contributed by atoms with Crippen molar-refractivity contribution in [3.8, 4) is 0 Å². The van der Waals surface area contributed by atoms with Crippen molar-refractivity contribution in [2.24, 2.45) is 5.92 Å². The standard InChI is InChI=1S/C10H21N.C2H6.CH4/c1-9-5-7-11(8-6-9)10(2,3)4;1-2;/h9H,5-8H2,1-4H3;1-2H3;1H4. The molecule has 1 aliphatic rings. The zero-order valence-electron chi connectivity index (χ0n) is 10.4. The molecule has 0 N–H and O–H groups in total. The lowest BCUT2D eigenvalue weighted by molar-refractivity contribution is 0.0916. The van der Waals surface area contributed by atoms with E-state index in [0.717, 1.165) is 5.92 Å². The largest absolute Gasteiger partial charge is 0.298 e. The van der Waals surface area contributed by atoms with Gasteiger partial charge in [0.2, 0.25) is 0 Å². The minimum Gasteiger partial charge on any atom is -0.298 e. The Hall–Kier alpha value is -0.0400. The van der Waals surface area contributed by atoms with Crippen molar-refractivity contribution < 1.29 is 0 Å². The molecule has 1 fully saturated rings. The number of hydrogen-bond acceptors (Lipinski definition) is 1. The van der Waals surface area contributed by atoms with Gasteiger partial charge in [-0.25, -0.2) is 0 Å². The summed E-state index contributed by atoms with van der Waals surface area (Å²) >= 11 is 0. The van der Waals surface area contributed by atoms with Crippen LogP contribution in [0.5, 0.6) is 0 Å². The van der Waals surface area contributed by atoms with E-state index in [2.05, 4.69) is 32.6 Å². The van der Waals surface area contributed by atoms with Gasteiger partial charge in [0.05, 0.1) is 0 Å². The monoisotopic (exact) mass is 201 g/mol. The van der Waals surface area contributed by atoms with E-state index in [9.17, 15) is 0 Å². The zero-order valence-corrected chi connectivity index (χ0v) is 10.4. The smallest absolute Gasteiger partial charge is 0.0125 e. The fraction of sp³-hybridized carbons (Fsp3) is 1.00. The first-order chi connectivity index (χ1) is 6.00. The highest BCUT2D eigenvalue weighted by atomic mass is 15.2. The normalized spacial score (nSPS) is 19.3. The third-order valence-corrected chi connectivity index (χ3v) is 2.73. The maximum Gasteiger partial charge on any atom is 0.0125 e. The first-order valence-corrected chi connectivity index (χ1v) is 5.75. The first kappa shape index (κ1) is 16.4. The lowest BCUT2D eigenvalue weighted by atomic mass is 9.95. The van der Waals surface area contributed by atoms with E-state index in [-0.39, 0.29) is 7.43 Å². The van der Waals surface area contributed by atoms with Crippen LogP contribution in [0.25, 0.3) is 0 Å². The van der Waals surface area contributed by atoms with Crippen molar-refractivity contribution in [1.29, 1.82) is 0 Å². The molecular weight excluding hydrogens is 170 g/mol. The van der Waals surface area contributed by atoms with Crippen LogP contribution in [0.4, 0.5) is 0 Å². The predicted molar refractivity (Wildman–Crippen MR) is 67.8 cm³/mol. The van der Waals surface area contributed by atoms with Crippen LogP contribution in [0.1, 0.15) is 61.8 Å². The molecule has 1 aliphatic heterocycles. The Morgan fingerprint density at radius 3 is 1.64 bits per heavy atom. The van der Waals surface area contributed by atoms with Crippen molar-refractivity contribution in [2.75, 3.05) is 13.1 Å². The van der Waals surface area contributed by atoms with Gasteiger partial charge in [-0.05, 0) is 52.6 Å². The Bertz CT molecular complexity index is 116. The Labute approximate surface area is 91.9 Å². The van der Waals surface area contributed by atoms with Crippen molar-refractivity contribution in [1.82, 2.24) is 4.90 Å². The maximum atomic E-state index is 2.59. The number of rotatable bonds is 0. The van der Waals surface area contributed by atoms with Crippen LogP contribution in [0, 0.1) is 5.92 Å². The fourth-order valence-electron chi connectivity index (χ4n) is 1.68. The third-order valence-electron chi connectivity index (χ3n) is 2.73. The van der Waals surface area contributed by atoms with Gasteiger partial charge in [0.1, 0.15) is 0 Å². The van der Waals surface area contributed by atoms with Gasteiger partial charge in [-0.1, -0.05) is 28.2 Å². The highest BCUT2D eigenvalue weighted by molar-refractivity contribution is 4.80. The maximum absolute atomic E-state index is 2.59. The van der Waals surface area contributed by atoms with Gasteiger partial charge in [-0.15, -0.1) is 0 Å². The van der Waals surface area contributed by atoms with Gasteiger partial charge in [-0.2, -0.15) is 0 Å². The summed E-state index contributed by atoms with van der Waals surface area (Å²) in [6.07, 6.45) is 2.77. The van der Waals surface area contributed by atoms with Gasteiger partial charge in [-0.3, -0.25) is 4.90 Å². The summed E-state index contributed by atoms with van der Waals surface area (Å²) in [6.45, 7) is 15.9. The molecule has 0 atom stereocenters. The molecule has 1 heteroatoms. The van der Waals surface area contributed by atoms with Crippen molar-refractivity contribution >= 4 is 0 Å². The van der Waals surface area contributed by atoms with E-state index in [1.54, 1.807) is 0 Å². The number of likely N-dealkylation sites (tertiary alicyclic amines) is 1. The quantitative estimate of drug-likeness (QED) is 0.568. The second-order valence-corrected chi connectivity index (χ2v) is 4.84. The van der Waals surface area contributed by atoms with E-state index in [1.165, 1.54) is 25.9 Å². The fourth-order valence-corrected chi connectivity index (χ4v) is 1.68. The third kappa shape index (κ3) is 5.64. The van der Waals surface area contributed by atoms with Crippen molar-refractivity contribution in [3.05, 3.63) is 0 Å². The molecule has 0 unspecified atom stereocenters. The minimum atomic E-state index is 0. The van der Waals surface area contributed by atoms with Crippen molar-refractivity contribution in [3.63, 3.8) is 0 Å². The Balaban J connectivity index is 0. The SMILES string of the molecule is C.CC.CC1CCN(C(C)(C)C)CC1. The molecule has 1 heterocycles. The van der Waals surface area contributed by atoms with E-state index in [1.807, 2.05) is 13.8 Å². The van der Waals surface area contributed by atoms with Crippen LogP contribution in [0.2, 0.25) is 0 Å². The molecule has 1 rings (SSSR count). The topological polar surface area (TPSA) is 3.24 Å². The van der Waals surface area contributed by atoms with Crippen LogP contribution in [-0.2, 0) is 0 Å². The number of nitrogens with zero attached hydrogens (tertiary/aromatic N) is 1. The Morgan fingerprint density at radius 1 is 1.00 bits per heavy atom. The molecular formula is C13H31N. The van der Waals surface area contributed by atoms with Crippen LogP contribution >= 0.6 is 0 Å². The summed E-state index contributed by atoms with van der Waals surface area (Å²) in [6, 6.07) is 0. The summed E-state index contributed by atoms with van der Waals surface area (Å²) in [5.41, 5.74) is 0.389. The van der Waals surface area contributed by atoms with Gasteiger partial charge in [0.15, 0.2) is 0 Å². The molecule has 0 saturated carbocycles. The molecule has 14 heavy (non-hydrogen) atoms. The highest BCUT2D eigenvalue weighted by Gasteiger charge is 2.24. The molecule has 0 aromatic heterocycles. The second kappa shape index (κ2) is 7.28. The summed E-state index contributed by atoms with van der Waals surface area (Å²) in [5, 5.41) is 0. The number of hydrogen-bond donors (Lipinski definition) is 0. The van der Waals surface area contributed by atoms with Gasteiger partial charge >= 0.3 is 0 Å². The molecule has 1 nitrogen and oxygen atoms in total. The van der Waals surface area contributed by atoms with Crippen LogP contribution in [0.15, 0.2) is 0 Å². The summed E-state index contributed by atoms with van der Waals surface area (Å²) in [5.74, 6) is 0.952. The average Bonchev–Trinajstić information content (AvgIpc) is 2.07. The van der Waals surface area contributed by atoms with E-state index in [4.69, 9.17) is 0 Å². The molecule has 0 aliphatic carbocycles. The summed E-state index contributed by atoms with van der Waals surface area (Å²) in [7, 11) is 0. The van der Waals surface area contributed by atoms with E-state index >= 15 is 0 Å². The lowest BCUT2D eigenvalue weighted by Gasteiger charge is -2.40. The molecule has 0 amide bonds. The Morgan fingerprint density at radius 2 is 1.36 bits per heavy atom. The van der Waals surface area contributed by atoms with Gasteiger partial charge in [0.25, 0.3) is 0 Å². The Kier molecular flexibility index (Phi) is 8.52. The highest BCUT2D eigenvalue weighted by Crippen LogP contribution is 2.22. The first-order valence-electron chi connectivity index (χ1n) is 5.75. The van der Waals surface area contributed by atoms with Crippen LogP contribution in [0.3, 0.4) is 0 Å². The predicted octanol–water partition coefficient (Wildman–Crippen LogP) is 4.18. The molecule has 0 bridgehead atoms. The summed E-state index contributed by atoms with van der Waals surface area (Å²) in [4.78, 5) is 2.59. The summed E-state index contributed by atoms with van der Waals surface area (Å²) < 4.78 is 0. The molecule has 0 aromatic carbocycles. The lowest BCUT2D eigenvalue weighted by Crippen LogP contribution is -2.45. The van der Waals surface area contributed by atoms with Gasteiger partial charge in [0, 0.05) is 5.54 Å². The van der Waals surface area contributed by atoms with Crippen molar-refractivity contribution in [2.45, 2.75) is 67.3 Å². The molecule has 88 valence electrons. The van der Waals surface area contributed by atoms with E-state index < -0.39 is 0 Å². The van der Waals surface area contributed by atoms with Crippen LogP contribution < -0.4 is 0 Å². The molecule has 0 spiro atoms. The number of piperidine rings is 1. The van der Waals surface area contributed by atoms with E-state index in [0.29, 0.717) is 5.54 Å². The van der Waals surface area contributed by atoms with Crippen LogP contribution in [-0.4, -0.2) is 23.5 Å². The molecule has 1 saturated heterocycles.